The molecule has 4 rings (SSSR count). The molecule has 0 spiro atoms. The van der Waals surface area contributed by atoms with Gasteiger partial charge in [-0.05, 0) is 86.6 Å². The van der Waals surface area contributed by atoms with E-state index in [9.17, 15) is 0 Å². The van der Waals surface area contributed by atoms with Crippen LogP contribution in [-0.4, -0.2) is 0 Å². The second kappa shape index (κ2) is 4.97. The number of aryl methyl sites for hydroxylation is 4. The lowest BCUT2D eigenvalue weighted by molar-refractivity contribution is 0.596. The maximum Gasteiger partial charge on any atom is 0.0563 e. The summed E-state index contributed by atoms with van der Waals surface area (Å²) in [4.78, 5) is 0. The minimum Gasteiger partial charge on any atom is -0.0590 e. The Morgan fingerprint density at radius 3 is 1.56 bits per heavy atom. The summed E-state index contributed by atoms with van der Waals surface area (Å²) < 4.78 is 0. The van der Waals surface area contributed by atoms with Gasteiger partial charge >= 0.3 is 0 Å². The summed E-state index contributed by atoms with van der Waals surface area (Å²) in [6.07, 6.45) is 3.83. The third kappa shape index (κ3) is 1.89. The lowest BCUT2D eigenvalue weighted by Crippen LogP contribution is -2.21. The number of hydrogen-bond donors (Lipinski definition) is 0. The highest BCUT2D eigenvalue weighted by Gasteiger charge is 2.73. The number of rotatable bonds is 2. The molecule has 2 aliphatic rings. The summed E-state index contributed by atoms with van der Waals surface area (Å²) in [7, 11) is 0. The predicted octanol–water partition coefficient (Wildman–Crippen LogP) is 6.31. The molecule has 2 aromatic rings. The van der Waals surface area contributed by atoms with Crippen LogP contribution in [0.25, 0.3) is 0 Å². The van der Waals surface area contributed by atoms with Crippen LogP contribution in [0.3, 0.4) is 0 Å². The third-order valence-electron chi connectivity index (χ3n) is 6.51. The molecule has 0 amide bonds. The van der Waals surface area contributed by atoms with Gasteiger partial charge in [-0.2, -0.15) is 0 Å². The van der Waals surface area contributed by atoms with Gasteiger partial charge in [-0.3, -0.25) is 0 Å². The fraction of sp³-hybridized carbons (Fsp3) is 0.360. The van der Waals surface area contributed by atoms with Crippen LogP contribution in [0.4, 0.5) is 0 Å². The molecule has 1 unspecified atom stereocenters. The van der Waals surface area contributed by atoms with E-state index in [1.54, 1.807) is 5.57 Å². The smallest absolute Gasteiger partial charge is 0.0563 e. The van der Waals surface area contributed by atoms with Gasteiger partial charge in [0.25, 0.3) is 0 Å². The molecule has 0 bridgehead atoms. The first kappa shape index (κ1) is 16.4. The van der Waals surface area contributed by atoms with E-state index in [0.717, 1.165) is 0 Å². The lowest BCUT2D eigenvalue weighted by atomic mass is 9.75. The molecule has 0 saturated heterocycles. The largest absolute Gasteiger partial charge is 0.0590 e. The number of allylic oxidation sites excluding steroid dienone is 4. The van der Waals surface area contributed by atoms with E-state index >= 15 is 0 Å². The zero-order valence-electron chi connectivity index (χ0n) is 16.5. The van der Waals surface area contributed by atoms with E-state index in [-0.39, 0.29) is 10.8 Å². The van der Waals surface area contributed by atoms with Gasteiger partial charge in [-0.15, -0.1) is 0 Å². The maximum atomic E-state index is 3.83. The molecule has 1 saturated carbocycles. The Balaban J connectivity index is 2.07. The fourth-order valence-electron chi connectivity index (χ4n) is 5.42. The lowest BCUT2D eigenvalue weighted by Gasteiger charge is -2.27. The van der Waals surface area contributed by atoms with Crippen molar-refractivity contribution in [1.29, 1.82) is 0 Å². The average Bonchev–Trinajstić information content (AvgIpc) is 2.95. The quantitative estimate of drug-likeness (QED) is 0.606. The minimum atomic E-state index is -0.0494. The van der Waals surface area contributed by atoms with E-state index in [2.05, 4.69) is 90.9 Å². The Morgan fingerprint density at radius 1 is 0.720 bits per heavy atom. The van der Waals surface area contributed by atoms with Crippen LogP contribution in [0, 0.1) is 39.2 Å². The number of fused-ring (bicyclic) bond motifs is 1. The molecule has 127 valence electrons. The van der Waals surface area contributed by atoms with Gasteiger partial charge in [0.1, 0.15) is 0 Å². The molecule has 1 radical (unpaired) electrons. The van der Waals surface area contributed by atoms with Gasteiger partial charge < -0.3 is 0 Å². The first-order valence-electron chi connectivity index (χ1n) is 9.23. The van der Waals surface area contributed by atoms with Crippen molar-refractivity contribution in [3.8, 4) is 0 Å². The van der Waals surface area contributed by atoms with E-state index in [1.807, 2.05) is 0 Å². The molecule has 1 atom stereocenters. The monoisotopic (exact) mass is 327 g/mol. The van der Waals surface area contributed by atoms with Crippen molar-refractivity contribution in [2.45, 2.75) is 53.9 Å². The molecule has 0 heteroatoms. The molecular weight excluding hydrogens is 300 g/mol. The molecule has 0 nitrogen and oxygen atoms in total. The summed E-state index contributed by atoms with van der Waals surface area (Å²) in [5.74, 6) is 0. The van der Waals surface area contributed by atoms with Gasteiger partial charge in [-0.1, -0.05) is 54.4 Å². The van der Waals surface area contributed by atoms with Crippen molar-refractivity contribution in [2.75, 3.05) is 0 Å². The van der Waals surface area contributed by atoms with Crippen LogP contribution in [-0.2, 0) is 5.41 Å². The zero-order chi connectivity index (χ0) is 18.1. The number of benzene rings is 2. The highest BCUT2D eigenvalue weighted by atomic mass is 14.7. The first-order chi connectivity index (χ1) is 11.7. The van der Waals surface area contributed by atoms with Crippen molar-refractivity contribution in [2.24, 2.45) is 5.41 Å². The Morgan fingerprint density at radius 2 is 1.20 bits per heavy atom. The normalized spacial score (nSPS) is 23.6. The van der Waals surface area contributed by atoms with Crippen LogP contribution in [0.15, 0.2) is 53.1 Å². The van der Waals surface area contributed by atoms with Crippen LogP contribution < -0.4 is 0 Å². The zero-order valence-corrected chi connectivity index (χ0v) is 16.5. The fourth-order valence-corrected chi connectivity index (χ4v) is 5.42. The highest BCUT2D eigenvalue weighted by molar-refractivity contribution is 5.77. The summed E-state index contributed by atoms with van der Waals surface area (Å²) in [5.41, 5.74) is 12.6. The predicted molar refractivity (Wildman–Crippen MR) is 106 cm³/mol. The second-order valence-corrected chi connectivity index (χ2v) is 8.26. The third-order valence-corrected chi connectivity index (χ3v) is 6.51. The summed E-state index contributed by atoms with van der Waals surface area (Å²) in [5, 5.41) is 0. The van der Waals surface area contributed by atoms with E-state index in [1.165, 1.54) is 44.5 Å². The molecule has 0 heterocycles. The molecule has 0 aromatic heterocycles. The Kier molecular flexibility index (Phi) is 3.26. The molecule has 2 aliphatic carbocycles. The van der Waals surface area contributed by atoms with Crippen molar-refractivity contribution >= 4 is 0 Å². The molecular formula is C25H27. The standard InChI is InChI=1S/C25H27/c1-15-8-10-21(17(3)12-15)25(22-11-9-16(2)13-18(22)4)23-20(6)19(5)14-24(23,25)7/h8-13H,1-7H3. The Labute approximate surface area is 152 Å². The maximum absolute atomic E-state index is 3.83. The van der Waals surface area contributed by atoms with Crippen LogP contribution in [0.1, 0.15) is 54.2 Å². The van der Waals surface area contributed by atoms with Crippen LogP contribution in [0.5, 0.6) is 0 Å². The van der Waals surface area contributed by atoms with E-state index < -0.39 is 0 Å². The van der Waals surface area contributed by atoms with Gasteiger partial charge in [0.05, 0.1) is 5.41 Å². The van der Waals surface area contributed by atoms with E-state index in [4.69, 9.17) is 0 Å². The van der Waals surface area contributed by atoms with Crippen molar-refractivity contribution in [3.63, 3.8) is 0 Å². The van der Waals surface area contributed by atoms with Gasteiger partial charge in [0, 0.05) is 5.41 Å². The van der Waals surface area contributed by atoms with Crippen molar-refractivity contribution < 1.29 is 0 Å². The molecule has 25 heavy (non-hydrogen) atoms. The Hall–Kier alpha value is -2.08. The minimum absolute atomic E-state index is 0.0127. The van der Waals surface area contributed by atoms with Gasteiger partial charge in [-0.25, -0.2) is 0 Å². The molecule has 2 aromatic carbocycles. The van der Waals surface area contributed by atoms with Gasteiger partial charge in [0.2, 0.25) is 0 Å². The number of hydrogen-bond acceptors (Lipinski definition) is 0. The second-order valence-electron chi connectivity index (χ2n) is 8.26. The van der Waals surface area contributed by atoms with Crippen LogP contribution >= 0.6 is 0 Å². The summed E-state index contributed by atoms with van der Waals surface area (Å²) >= 11 is 0. The van der Waals surface area contributed by atoms with Crippen molar-refractivity contribution in [3.05, 3.63) is 92.6 Å². The van der Waals surface area contributed by atoms with E-state index in [0.29, 0.717) is 0 Å². The van der Waals surface area contributed by atoms with Crippen LogP contribution in [0.2, 0.25) is 0 Å². The summed E-state index contributed by atoms with van der Waals surface area (Å²) in [6, 6.07) is 13.9. The molecule has 0 N–H and O–H groups in total. The summed E-state index contributed by atoms with van der Waals surface area (Å²) in [6.45, 7) is 15.7. The molecule has 0 aliphatic heterocycles. The average molecular weight is 327 g/mol. The highest BCUT2D eigenvalue weighted by Crippen LogP contribution is 2.77. The first-order valence-corrected chi connectivity index (χ1v) is 9.23. The SMILES string of the molecule is CC1=[C]C2(C)C(=C1C)C2(c1ccc(C)cc1C)c1ccc(C)cc1C. The topological polar surface area (TPSA) is 0 Å². The Bertz CT molecular complexity index is 916. The molecule has 1 fully saturated rings. The van der Waals surface area contributed by atoms with Crippen molar-refractivity contribution in [1.82, 2.24) is 0 Å². The van der Waals surface area contributed by atoms with Gasteiger partial charge in [0.15, 0.2) is 0 Å².